The largest absolute Gasteiger partial charge is 0.312 e. The number of aromatic nitrogens is 2. The molecule has 0 unspecified atom stereocenters. The van der Waals surface area contributed by atoms with Crippen molar-refractivity contribution >= 4 is 22.2 Å². The van der Waals surface area contributed by atoms with E-state index in [9.17, 15) is 8.42 Å². The van der Waals surface area contributed by atoms with Crippen LogP contribution in [0.2, 0.25) is 0 Å². The Bertz CT molecular complexity index is 913. The third-order valence-electron chi connectivity index (χ3n) is 2.81. The first-order valence-electron chi connectivity index (χ1n) is 7.19. The summed E-state index contributed by atoms with van der Waals surface area (Å²) in [5.41, 5.74) is 1.83. The van der Waals surface area contributed by atoms with Crippen molar-refractivity contribution in [2.75, 3.05) is 7.11 Å². The van der Waals surface area contributed by atoms with Gasteiger partial charge in [-0.05, 0) is 28.8 Å². The van der Waals surface area contributed by atoms with Gasteiger partial charge in [0.1, 0.15) is 0 Å². The van der Waals surface area contributed by atoms with E-state index >= 15 is 0 Å². The smallest absolute Gasteiger partial charge is 0.305 e. The molecule has 0 aliphatic rings. The molecular formula is C17H15IrN2O5S2-. The van der Waals surface area contributed by atoms with Gasteiger partial charge in [0.25, 0.3) is 0 Å². The number of nitrogens with zero attached hydrogens (tertiary/aromatic N) is 2. The van der Waals surface area contributed by atoms with Crippen molar-refractivity contribution in [3.63, 3.8) is 0 Å². The van der Waals surface area contributed by atoms with E-state index in [0.29, 0.717) is 0 Å². The second kappa shape index (κ2) is 11.9. The monoisotopic (exact) mass is 584 g/mol. The van der Waals surface area contributed by atoms with Gasteiger partial charge in [-0.3, -0.25) is 4.55 Å². The van der Waals surface area contributed by atoms with Gasteiger partial charge >= 0.3 is 10.1 Å². The molecule has 0 bridgehead atoms. The minimum Gasteiger partial charge on any atom is -0.305 e. The Labute approximate surface area is 175 Å². The Balaban J connectivity index is 0.000000288. The first-order chi connectivity index (χ1) is 12.5. The van der Waals surface area contributed by atoms with Crippen LogP contribution in [-0.2, 0) is 39.4 Å². The van der Waals surface area contributed by atoms with Gasteiger partial charge < -0.3 is 4.98 Å². The van der Waals surface area contributed by atoms with Crippen molar-refractivity contribution in [3.8, 4) is 11.3 Å². The molecule has 0 amide bonds. The zero-order chi connectivity index (χ0) is 18.8. The number of hydrogen-bond acceptors (Lipinski definition) is 7. The molecule has 0 fully saturated rings. The summed E-state index contributed by atoms with van der Waals surface area (Å²) < 4.78 is 33.8. The molecule has 1 N–H and O–H groups in total. The first-order valence-corrected chi connectivity index (χ1v) is 9.38. The van der Waals surface area contributed by atoms with E-state index in [-0.39, 0.29) is 25.1 Å². The predicted octanol–water partition coefficient (Wildman–Crippen LogP) is 3.46. The molecule has 1 aromatic carbocycles. The molecule has 0 saturated carbocycles. The molecule has 3 aromatic rings. The van der Waals surface area contributed by atoms with Crippen molar-refractivity contribution in [2.45, 2.75) is 9.92 Å². The van der Waals surface area contributed by atoms with Crippen LogP contribution in [0.1, 0.15) is 0 Å². The normalized spacial score (nSPS) is 10.3. The Morgan fingerprint density at radius 2 is 1.78 bits per heavy atom. The summed E-state index contributed by atoms with van der Waals surface area (Å²) in [6.45, 7) is 0. The molecule has 2 aromatic heterocycles. The van der Waals surface area contributed by atoms with Crippen LogP contribution >= 0.6 is 12.0 Å². The Morgan fingerprint density at radius 3 is 2.30 bits per heavy atom. The van der Waals surface area contributed by atoms with Gasteiger partial charge in [-0.2, -0.15) is 12.8 Å². The van der Waals surface area contributed by atoms with Gasteiger partial charge in [0, 0.05) is 44.5 Å². The molecule has 145 valence electrons. The quantitative estimate of drug-likeness (QED) is 0.160. The van der Waals surface area contributed by atoms with E-state index in [1.165, 1.54) is 25.4 Å². The van der Waals surface area contributed by atoms with E-state index in [1.807, 2.05) is 36.4 Å². The summed E-state index contributed by atoms with van der Waals surface area (Å²) in [4.78, 5) is 13.1. The van der Waals surface area contributed by atoms with Crippen molar-refractivity contribution in [1.82, 2.24) is 9.97 Å². The topological polar surface area (TPSA) is 98.6 Å². The van der Waals surface area contributed by atoms with Gasteiger partial charge in [0.05, 0.1) is 7.11 Å². The fourth-order valence-corrected chi connectivity index (χ4v) is 2.62. The minimum absolute atomic E-state index is 0. The van der Waals surface area contributed by atoms with Crippen LogP contribution in [0.5, 0.6) is 0 Å². The average molecular weight is 584 g/mol. The molecule has 1 radical (unpaired) electrons. The summed E-state index contributed by atoms with van der Waals surface area (Å²) in [6.07, 6.45) is 3.05. The molecule has 3 rings (SSSR count). The summed E-state index contributed by atoms with van der Waals surface area (Å²) >= 11 is 1.16. The fraction of sp³-hybridized carbons (Fsp3) is 0.0588. The number of rotatable bonds is 5. The average Bonchev–Trinajstić information content (AvgIpc) is 2.68. The Kier molecular flexibility index (Phi) is 10.3. The summed E-state index contributed by atoms with van der Waals surface area (Å²) in [5.74, 6) is 0. The second-order valence-corrected chi connectivity index (χ2v) is 6.76. The maximum Gasteiger partial charge on any atom is 0.312 e. The van der Waals surface area contributed by atoms with Crippen LogP contribution in [-0.4, -0.2) is 30.0 Å². The van der Waals surface area contributed by atoms with Crippen molar-refractivity contribution in [3.05, 3.63) is 73.1 Å². The fourth-order valence-electron chi connectivity index (χ4n) is 1.74. The summed E-state index contributed by atoms with van der Waals surface area (Å²) in [5, 5.41) is -0.324. The van der Waals surface area contributed by atoms with Crippen LogP contribution in [0.4, 0.5) is 0 Å². The molecular weight excluding hydrogens is 569 g/mol. The van der Waals surface area contributed by atoms with E-state index in [4.69, 9.17) is 8.89 Å². The maximum atomic E-state index is 10.3. The van der Waals surface area contributed by atoms with Gasteiger partial charge in [0.15, 0.2) is 5.03 Å². The van der Waals surface area contributed by atoms with Crippen LogP contribution in [0.25, 0.3) is 11.3 Å². The predicted molar refractivity (Wildman–Crippen MR) is 96.5 cm³/mol. The SMILES string of the molecule is COOSc1cc[c-]c(-c2ccccn2)c1.O=S(=O)(O)c1ccccn1.[Ir]. The van der Waals surface area contributed by atoms with E-state index in [1.54, 1.807) is 12.3 Å². The summed E-state index contributed by atoms with van der Waals surface area (Å²) in [7, 11) is -2.64. The van der Waals surface area contributed by atoms with Crippen molar-refractivity contribution in [1.29, 1.82) is 0 Å². The van der Waals surface area contributed by atoms with Gasteiger partial charge in [-0.15, -0.1) is 29.8 Å². The maximum absolute atomic E-state index is 10.3. The molecule has 0 aliphatic heterocycles. The zero-order valence-corrected chi connectivity index (χ0v) is 18.0. The second-order valence-electron chi connectivity index (χ2n) is 4.61. The molecule has 0 aliphatic carbocycles. The number of benzene rings is 1. The van der Waals surface area contributed by atoms with Crippen LogP contribution in [0, 0.1) is 6.07 Å². The van der Waals surface area contributed by atoms with Crippen molar-refractivity contribution < 1.29 is 42.3 Å². The number of hydrogen-bond donors (Lipinski definition) is 1. The standard InChI is InChI=1S/C12H10NO2S.C5H5NO3S.Ir/c1-14-15-16-11-6-4-5-10(9-11)12-7-2-3-8-13-12;7-10(8,9)5-3-1-2-4-6-5;/h2-4,6-9H,1H3;1-4H,(H,7,8,9);/q-1;;. The zero-order valence-electron chi connectivity index (χ0n) is 14.0. The Hall–Kier alpha value is -1.65. The third-order valence-corrected chi connectivity index (χ3v) is 4.23. The molecule has 0 atom stereocenters. The van der Waals surface area contributed by atoms with Crippen LogP contribution in [0.3, 0.4) is 0 Å². The Morgan fingerprint density at radius 1 is 1.07 bits per heavy atom. The van der Waals surface area contributed by atoms with Crippen molar-refractivity contribution in [2.24, 2.45) is 0 Å². The first kappa shape index (κ1) is 23.4. The van der Waals surface area contributed by atoms with Crippen LogP contribution < -0.4 is 0 Å². The van der Waals surface area contributed by atoms with Crippen LogP contribution in [0.15, 0.2) is 76.9 Å². The van der Waals surface area contributed by atoms with Gasteiger partial charge in [-0.25, -0.2) is 9.87 Å². The molecule has 10 heteroatoms. The third kappa shape index (κ3) is 8.27. The van der Waals surface area contributed by atoms with Gasteiger partial charge in [0.2, 0.25) is 0 Å². The minimum atomic E-state index is -4.11. The molecule has 0 spiro atoms. The van der Waals surface area contributed by atoms with E-state index in [0.717, 1.165) is 28.2 Å². The molecule has 0 saturated heterocycles. The molecule has 7 nitrogen and oxygen atoms in total. The summed E-state index contributed by atoms with van der Waals surface area (Å²) in [6, 6.07) is 18.9. The molecule has 2 heterocycles. The van der Waals surface area contributed by atoms with Gasteiger partial charge in [-0.1, -0.05) is 18.2 Å². The van der Waals surface area contributed by atoms with E-state index in [2.05, 4.69) is 20.9 Å². The number of pyridine rings is 2. The molecule has 27 heavy (non-hydrogen) atoms. The van der Waals surface area contributed by atoms with E-state index < -0.39 is 10.1 Å².